The Labute approximate surface area is 180 Å². The van der Waals surface area contributed by atoms with Crippen LogP contribution in [0.2, 0.25) is 0 Å². The van der Waals surface area contributed by atoms with Gasteiger partial charge in [0.25, 0.3) is 5.91 Å². The summed E-state index contributed by atoms with van der Waals surface area (Å²) in [5.41, 5.74) is 3.93. The lowest BCUT2D eigenvalue weighted by molar-refractivity contribution is 0.0696. The van der Waals surface area contributed by atoms with E-state index in [1.807, 2.05) is 52.7 Å². The summed E-state index contributed by atoms with van der Waals surface area (Å²) in [7, 11) is 4.94. The van der Waals surface area contributed by atoms with Crippen molar-refractivity contribution in [2.24, 2.45) is 0 Å². The summed E-state index contributed by atoms with van der Waals surface area (Å²) in [5.74, 6) is 1.41. The van der Waals surface area contributed by atoms with Crippen LogP contribution in [0.5, 0.6) is 11.5 Å². The average Bonchev–Trinajstić information content (AvgIpc) is 3.31. The second-order valence-corrected chi connectivity index (χ2v) is 8.19. The Morgan fingerprint density at radius 3 is 2.57 bits per heavy atom. The minimum atomic E-state index is -0.160. The molecule has 5 nitrogen and oxygen atoms in total. The molecular weight excluding hydrogens is 398 g/mol. The van der Waals surface area contributed by atoms with E-state index in [0.29, 0.717) is 30.2 Å². The van der Waals surface area contributed by atoms with Gasteiger partial charge in [0.05, 0.1) is 26.9 Å². The lowest BCUT2D eigenvalue weighted by atomic mass is 9.90. The maximum atomic E-state index is 13.6. The van der Waals surface area contributed by atoms with Crippen molar-refractivity contribution in [2.75, 3.05) is 27.9 Å². The molecule has 1 amide bonds. The molecule has 0 spiro atoms. The summed E-state index contributed by atoms with van der Waals surface area (Å²) < 4.78 is 16.3. The molecule has 2 heterocycles. The zero-order chi connectivity index (χ0) is 21.1. The molecule has 1 aliphatic rings. The number of amides is 1. The minimum Gasteiger partial charge on any atom is -0.493 e. The molecule has 1 aromatic heterocycles. The maximum absolute atomic E-state index is 13.6. The summed E-state index contributed by atoms with van der Waals surface area (Å²) in [4.78, 5) is 16.7. The van der Waals surface area contributed by atoms with Crippen molar-refractivity contribution in [3.63, 3.8) is 0 Å². The highest BCUT2D eigenvalue weighted by Crippen LogP contribution is 2.42. The van der Waals surface area contributed by atoms with Gasteiger partial charge in [-0.3, -0.25) is 4.79 Å². The first-order valence-corrected chi connectivity index (χ1v) is 10.7. The van der Waals surface area contributed by atoms with E-state index >= 15 is 0 Å². The number of hydrogen-bond acceptors (Lipinski definition) is 5. The molecule has 1 unspecified atom stereocenters. The predicted molar refractivity (Wildman–Crippen MR) is 118 cm³/mol. The first kappa shape index (κ1) is 20.4. The second-order valence-electron chi connectivity index (χ2n) is 7.21. The van der Waals surface area contributed by atoms with Gasteiger partial charge in [-0.25, -0.2) is 0 Å². The van der Waals surface area contributed by atoms with Crippen LogP contribution >= 0.6 is 11.3 Å². The van der Waals surface area contributed by atoms with E-state index in [0.717, 1.165) is 22.4 Å². The molecule has 156 valence electrons. The molecule has 4 rings (SSSR count). The van der Waals surface area contributed by atoms with Crippen LogP contribution in [0.1, 0.15) is 38.0 Å². The Balaban J connectivity index is 1.78. The SMILES string of the molecule is COCc1cccc(C(=O)N2CCc3cc(OC)c(OC)cc3C2c2cccs2)c1. The minimum absolute atomic E-state index is 0.0202. The van der Waals surface area contributed by atoms with Crippen molar-refractivity contribution in [3.05, 3.63) is 81.0 Å². The van der Waals surface area contributed by atoms with E-state index in [2.05, 4.69) is 6.07 Å². The monoisotopic (exact) mass is 423 g/mol. The molecule has 6 heteroatoms. The number of fused-ring (bicyclic) bond motifs is 1. The molecule has 0 saturated heterocycles. The first-order valence-electron chi connectivity index (χ1n) is 9.83. The van der Waals surface area contributed by atoms with Crippen LogP contribution < -0.4 is 9.47 Å². The number of benzene rings is 2. The van der Waals surface area contributed by atoms with Crippen molar-refractivity contribution in [1.82, 2.24) is 4.90 Å². The van der Waals surface area contributed by atoms with Gasteiger partial charge >= 0.3 is 0 Å². The molecule has 1 atom stereocenters. The van der Waals surface area contributed by atoms with Gasteiger partial charge in [-0.15, -0.1) is 11.3 Å². The van der Waals surface area contributed by atoms with Gasteiger partial charge in [0.2, 0.25) is 0 Å². The van der Waals surface area contributed by atoms with Crippen LogP contribution in [-0.2, 0) is 17.8 Å². The number of methoxy groups -OCH3 is 3. The van der Waals surface area contributed by atoms with Crippen LogP contribution in [0.3, 0.4) is 0 Å². The Hall–Kier alpha value is -2.83. The van der Waals surface area contributed by atoms with Gasteiger partial charge < -0.3 is 19.1 Å². The van der Waals surface area contributed by atoms with Crippen LogP contribution in [0.25, 0.3) is 0 Å². The van der Waals surface area contributed by atoms with Gasteiger partial charge in [-0.05, 0) is 58.8 Å². The number of carbonyl (C=O) groups excluding carboxylic acids is 1. The molecule has 1 aliphatic heterocycles. The zero-order valence-electron chi connectivity index (χ0n) is 17.4. The van der Waals surface area contributed by atoms with Crippen molar-refractivity contribution in [2.45, 2.75) is 19.1 Å². The Morgan fingerprint density at radius 2 is 1.87 bits per heavy atom. The highest BCUT2D eigenvalue weighted by Gasteiger charge is 2.34. The highest BCUT2D eigenvalue weighted by atomic mass is 32.1. The number of ether oxygens (including phenoxy) is 3. The fraction of sp³-hybridized carbons (Fsp3) is 0.292. The lowest BCUT2D eigenvalue weighted by Crippen LogP contribution is -2.40. The molecule has 2 aromatic carbocycles. The van der Waals surface area contributed by atoms with Crippen LogP contribution in [0.4, 0.5) is 0 Å². The van der Waals surface area contributed by atoms with E-state index in [1.165, 1.54) is 5.56 Å². The van der Waals surface area contributed by atoms with Gasteiger partial charge in [0.15, 0.2) is 11.5 Å². The summed E-state index contributed by atoms with van der Waals surface area (Å²) in [6.07, 6.45) is 0.765. The molecule has 3 aromatic rings. The second kappa shape index (κ2) is 8.90. The lowest BCUT2D eigenvalue weighted by Gasteiger charge is -2.37. The van der Waals surface area contributed by atoms with E-state index in [-0.39, 0.29) is 11.9 Å². The number of thiophene rings is 1. The van der Waals surface area contributed by atoms with E-state index in [9.17, 15) is 4.79 Å². The van der Waals surface area contributed by atoms with Crippen molar-refractivity contribution >= 4 is 17.2 Å². The topological polar surface area (TPSA) is 48.0 Å². The first-order chi connectivity index (χ1) is 14.7. The van der Waals surface area contributed by atoms with E-state index < -0.39 is 0 Å². The summed E-state index contributed by atoms with van der Waals surface area (Å²) in [6, 6.07) is 15.7. The maximum Gasteiger partial charge on any atom is 0.254 e. The molecule has 0 bridgehead atoms. The van der Waals surface area contributed by atoms with Gasteiger partial charge in [0, 0.05) is 24.1 Å². The van der Waals surface area contributed by atoms with Gasteiger partial charge in [0.1, 0.15) is 0 Å². The molecular formula is C24H25NO4S. The fourth-order valence-electron chi connectivity index (χ4n) is 4.04. The van der Waals surface area contributed by atoms with Gasteiger partial charge in [-0.1, -0.05) is 18.2 Å². The van der Waals surface area contributed by atoms with Crippen molar-refractivity contribution in [3.8, 4) is 11.5 Å². The van der Waals surface area contributed by atoms with Crippen LogP contribution in [-0.4, -0.2) is 38.7 Å². The van der Waals surface area contributed by atoms with Crippen LogP contribution in [0, 0.1) is 0 Å². The number of nitrogens with zero attached hydrogens (tertiary/aromatic N) is 1. The highest BCUT2D eigenvalue weighted by molar-refractivity contribution is 7.10. The normalized spacial score (nSPS) is 15.6. The Morgan fingerprint density at radius 1 is 1.07 bits per heavy atom. The molecule has 0 saturated carbocycles. The number of rotatable bonds is 6. The molecule has 0 radical (unpaired) electrons. The van der Waals surface area contributed by atoms with Gasteiger partial charge in [-0.2, -0.15) is 0 Å². The largest absolute Gasteiger partial charge is 0.493 e. The number of hydrogen-bond donors (Lipinski definition) is 0. The van der Waals surface area contributed by atoms with Crippen LogP contribution in [0.15, 0.2) is 53.9 Å². The third kappa shape index (κ3) is 3.80. The molecule has 0 aliphatic carbocycles. The standard InChI is InChI=1S/C24H25NO4S/c1-27-15-16-6-4-7-18(12-16)24(26)25-10-9-17-13-20(28-2)21(29-3)14-19(17)23(25)22-8-5-11-30-22/h4-8,11-14,23H,9-10,15H2,1-3H3. The quantitative estimate of drug-likeness (QED) is 0.577. The third-order valence-corrected chi connectivity index (χ3v) is 6.36. The summed E-state index contributed by atoms with van der Waals surface area (Å²) >= 11 is 1.66. The van der Waals surface area contributed by atoms with E-state index in [1.54, 1.807) is 32.7 Å². The molecule has 0 N–H and O–H groups in total. The van der Waals surface area contributed by atoms with Crippen molar-refractivity contribution in [1.29, 1.82) is 0 Å². The Kier molecular flexibility index (Phi) is 6.06. The smallest absolute Gasteiger partial charge is 0.254 e. The molecule has 30 heavy (non-hydrogen) atoms. The average molecular weight is 424 g/mol. The van der Waals surface area contributed by atoms with E-state index in [4.69, 9.17) is 14.2 Å². The molecule has 0 fully saturated rings. The zero-order valence-corrected chi connectivity index (χ0v) is 18.2. The summed E-state index contributed by atoms with van der Waals surface area (Å²) in [6.45, 7) is 1.12. The number of carbonyl (C=O) groups is 1. The third-order valence-electron chi connectivity index (χ3n) is 5.43. The summed E-state index contributed by atoms with van der Waals surface area (Å²) in [5, 5.41) is 2.05. The van der Waals surface area contributed by atoms with Crippen molar-refractivity contribution < 1.29 is 19.0 Å². The predicted octanol–water partition coefficient (Wildman–Crippen LogP) is 4.70. The Bertz CT molecular complexity index is 1030. The fourth-order valence-corrected chi connectivity index (χ4v) is 4.90.